The van der Waals surface area contributed by atoms with Crippen LogP contribution in [-0.2, 0) is 11.2 Å². The second kappa shape index (κ2) is 7.79. The van der Waals surface area contributed by atoms with E-state index in [1.165, 1.54) is 32.1 Å². The van der Waals surface area contributed by atoms with Crippen LogP contribution < -0.4 is 5.73 Å². The minimum absolute atomic E-state index is 0.112. The lowest BCUT2D eigenvalue weighted by Gasteiger charge is -2.17. The van der Waals surface area contributed by atoms with Crippen molar-refractivity contribution in [2.24, 2.45) is 11.7 Å². The smallest absolute Gasteiger partial charge is 0.225 e. The zero-order chi connectivity index (χ0) is 17.6. The molecule has 4 rings (SSSR count). The number of carbonyl (C=O) groups excluding carboxylic acids is 1. The number of primary amides is 1. The van der Waals surface area contributed by atoms with Gasteiger partial charge in [-0.1, -0.05) is 19.3 Å². The molecule has 3 heterocycles. The van der Waals surface area contributed by atoms with E-state index >= 15 is 0 Å². The summed E-state index contributed by atoms with van der Waals surface area (Å²) in [5.41, 5.74) is 7.52. The molecule has 1 fully saturated rings. The molecule has 0 spiro atoms. The predicted molar refractivity (Wildman–Crippen MR) is 95.4 cm³/mol. The third kappa shape index (κ3) is 4.15. The standard InChI is InChI=1S/C10H9N5O.C8H13N/c11-7(16)3-8-14-6-4-13-10-5(1-2-12-10)9(6)15-8;9-7-6-8-4-2-1-3-5-8/h1-2,4H,3H2,(H2,11,16)(H,12,13)(H,14,15);8H,1-6H2. The molecule has 0 aliphatic heterocycles. The van der Waals surface area contributed by atoms with Gasteiger partial charge in [-0.25, -0.2) is 9.97 Å². The Balaban J connectivity index is 0.000000173. The lowest BCUT2D eigenvalue weighted by Crippen LogP contribution is -2.14. The van der Waals surface area contributed by atoms with Crippen LogP contribution in [0.25, 0.3) is 22.1 Å². The summed E-state index contributed by atoms with van der Waals surface area (Å²) in [6.45, 7) is 0. The Morgan fingerprint density at radius 1 is 1.36 bits per heavy atom. The molecule has 0 atom stereocenters. The van der Waals surface area contributed by atoms with E-state index in [1.807, 2.05) is 6.07 Å². The number of imidazole rings is 1. The molecule has 7 heteroatoms. The summed E-state index contributed by atoms with van der Waals surface area (Å²) in [6.07, 6.45) is 11.1. The van der Waals surface area contributed by atoms with Crippen LogP contribution in [0.4, 0.5) is 0 Å². The molecular weight excluding hydrogens is 316 g/mol. The number of nitriles is 1. The number of nitrogens with one attached hydrogen (secondary N) is 2. The van der Waals surface area contributed by atoms with Crippen molar-refractivity contribution in [1.29, 1.82) is 5.26 Å². The third-order valence-electron chi connectivity index (χ3n) is 4.53. The number of aromatic nitrogens is 4. The number of hydrogen-bond donors (Lipinski definition) is 3. The van der Waals surface area contributed by atoms with Gasteiger partial charge in [-0.05, 0) is 24.8 Å². The number of nitrogens with zero attached hydrogens (tertiary/aromatic N) is 3. The average molecular weight is 338 g/mol. The van der Waals surface area contributed by atoms with Gasteiger partial charge in [-0.2, -0.15) is 5.26 Å². The number of rotatable bonds is 3. The molecule has 0 bridgehead atoms. The fourth-order valence-electron chi connectivity index (χ4n) is 3.29. The highest BCUT2D eigenvalue weighted by atomic mass is 16.1. The zero-order valence-electron chi connectivity index (χ0n) is 14.1. The molecule has 4 N–H and O–H groups in total. The van der Waals surface area contributed by atoms with Gasteiger partial charge in [0.15, 0.2) is 0 Å². The van der Waals surface area contributed by atoms with Crippen LogP contribution in [0.15, 0.2) is 18.5 Å². The highest BCUT2D eigenvalue weighted by Crippen LogP contribution is 2.25. The Kier molecular flexibility index (Phi) is 5.29. The third-order valence-corrected chi connectivity index (χ3v) is 4.53. The van der Waals surface area contributed by atoms with Crippen molar-refractivity contribution in [3.8, 4) is 6.07 Å². The maximum absolute atomic E-state index is 10.8. The first-order valence-electron chi connectivity index (χ1n) is 8.63. The fourth-order valence-corrected chi connectivity index (χ4v) is 3.29. The summed E-state index contributed by atoms with van der Waals surface area (Å²) in [6, 6.07) is 4.14. The van der Waals surface area contributed by atoms with Crippen LogP contribution in [-0.4, -0.2) is 25.8 Å². The molecule has 0 radical (unpaired) electrons. The molecule has 1 aliphatic rings. The molecule has 1 saturated carbocycles. The Hall–Kier alpha value is -2.88. The minimum atomic E-state index is -0.405. The topological polar surface area (TPSA) is 124 Å². The van der Waals surface area contributed by atoms with Gasteiger partial charge in [-0.15, -0.1) is 0 Å². The molecule has 3 aromatic heterocycles. The van der Waals surface area contributed by atoms with Gasteiger partial charge in [0.1, 0.15) is 17.0 Å². The van der Waals surface area contributed by atoms with E-state index in [0.717, 1.165) is 34.4 Å². The first kappa shape index (κ1) is 17.0. The molecular formula is C18H22N6O. The first-order chi connectivity index (χ1) is 12.2. The normalized spacial score (nSPS) is 14.8. The van der Waals surface area contributed by atoms with Crippen molar-refractivity contribution in [2.45, 2.75) is 44.9 Å². The van der Waals surface area contributed by atoms with Gasteiger partial charge < -0.3 is 15.7 Å². The van der Waals surface area contributed by atoms with Crippen LogP contribution in [0.2, 0.25) is 0 Å². The van der Waals surface area contributed by atoms with E-state index in [0.29, 0.717) is 5.82 Å². The van der Waals surface area contributed by atoms with E-state index in [2.05, 4.69) is 26.0 Å². The summed E-state index contributed by atoms with van der Waals surface area (Å²) in [5.74, 6) is 0.902. The number of pyridine rings is 1. The minimum Gasteiger partial charge on any atom is -0.369 e. The van der Waals surface area contributed by atoms with Gasteiger partial charge >= 0.3 is 0 Å². The van der Waals surface area contributed by atoms with E-state index in [9.17, 15) is 4.79 Å². The number of hydrogen-bond acceptors (Lipinski definition) is 4. The summed E-state index contributed by atoms with van der Waals surface area (Å²) in [5, 5.41) is 9.30. The number of H-pyrrole nitrogens is 2. The summed E-state index contributed by atoms with van der Waals surface area (Å²) < 4.78 is 0. The Bertz CT molecular complexity index is 897. The second-order valence-electron chi connectivity index (χ2n) is 6.45. The van der Waals surface area contributed by atoms with Crippen LogP contribution in [0.1, 0.15) is 44.3 Å². The largest absolute Gasteiger partial charge is 0.369 e. The number of fused-ring (bicyclic) bond motifs is 3. The summed E-state index contributed by atoms with van der Waals surface area (Å²) in [4.78, 5) is 25.4. The number of aromatic amines is 2. The van der Waals surface area contributed by atoms with E-state index in [4.69, 9.17) is 11.0 Å². The Labute approximate surface area is 145 Å². The van der Waals surface area contributed by atoms with Crippen molar-refractivity contribution in [1.82, 2.24) is 19.9 Å². The van der Waals surface area contributed by atoms with Crippen molar-refractivity contribution < 1.29 is 4.79 Å². The van der Waals surface area contributed by atoms with Gasteiger partial charge in [0.25, 0.3) is 0 Å². The summed E-state index contributed by atoms with van der Waals surface area (Å²) >= 11 is 0. The van der Waals surface area contributed by atoms with Gasteiger partial charge in [-0.3, -0.25) is 4.79 Å². The quantitative estimate of drug-likeness (QED) is 0.679. The van der Waals surface area contributed by atoms with Crippen molar-refractivity contribution >= 4 is 28.0 Å². The highest BCUT2D eigenvalue weighted by molar-refractivity contribution is 6.00. The molecule has 3 aromatic rings. The van der Waals surface area contributed by atoms with Crippen molar-refractivity contribution in [3.05, 3.63) is 24.3 Å². The van der Waals surface area contributed by atoms with Gasteiger partial charge in [0.2, 0.25) is 5.91 Å². The maximum atomic E-state index is 10.8. The first-order valence-corrected chi connectivity index (χ1v) is 8.63. The lowest BCUT2D eigenvalue weighted by molar-refractivity contribution is -0.117. The van der Waals surface area contributed by atoms with Gasteiger partial charge in [0.05, 0.1) is 24.2 Å². The molecule has 1 amide bonds. The van der Waals surface area contributed by atoms with Crippen molar-refractivity contribution in [3.63, 3.8) is 0 Å². The maximum Gasteiger partial charge on any atom is 0.225 e. The molecule has 0 unspecified atom stereocenters. The van der Waals surface area contributed by atoms with Crippen LogP contribution >= 0.6 is 0 Å². The Morgan fingerprint density at radius 3 is 2.88 bits per heavy atom. The van der Waals surface area contributed by atoms with E-state index in [1.54, 1.807) is 12.4 Å². The zero-order valence-corrected chi connectivity index (χ0v) is 14.1. The molecule has 0 aromatic carbocycles. The second-order valence-corrected chi connectivity index (χ2v) is 6.45. The fraction of sp³-hybridized carbons (Fsp3) is 0.444. The summed E-state index contributed by atoms with van der Waals surface area (Å²) in [7, 11) is 0. The molecule has 7 nitrogen and oxygen atoms in total. The molecule has 0 saturated heterocycles. The van der Waals surface area contributed by atoms with E-state index < -0.39 is 5.91 Å². The number of carbonyl (C=O) groups is 1. The average Bonchev–Trinajstić information content (AvgIpc) is 3.21. The van der Waals surface area contributed by atoms with Crippen LogP contribution in [0.5, 0.6) is 0 Å². The number of amides is 1. The predicted octanol–water partition coefficient (Wildman–Crippen LogP) is 2.95. The SMILES string of the molecule is N#CCC1CCCCC1.NC(=O)Cc1nc2c(cnc3[nH]ccc32)[nH]1. The molecule has 1 aliphatic carbocycles. The number of nitrogens with two attached hydrogens (primary N) is 1. The molecule has 130 valence electrons. The highest BCUT2D eigenvalue weighted by Gasteiger charge is 2.12. The molecule has 25 heavy (non-hydrogen) atoms. The van der Waals surface area contributed by atoms with Crippen LogP contribution in [0.3, 0.4) is 0 Å². The lowest BCUT2D eigenvalue weighted by atomic mass is 9.87. The van der Waals surface area contributed by atoms with Gasteiger partial charge in [0, 0.05) is 18.0 Å². The van der Waals surface area contributed by atoms with E-state index in [-0.39, 0.29) is 6.42 Å². The van der Waals surface area contributed by atoms with Crippen LogP contribution in [0, 0.1) is 17.2 Å². The Morgan fingerprint density at radius 2 is 2.16 bits per heavy atom. The monoisotopic (exact) mass is 338 g/mol. The van der Waals surface area contributed by atoms with Crippen molar-refractivity contribution in [2.75, 3.05) is 0 Å².